The summed E-state index contributed by atoms with van der Waals surface area (Å²) in [4.78, 5) is 27.7. The molecule has 162 valence electrons. The Morgan fingerprint density at radius 3 is 2.39 bits per heavy atom. The molecule has 0 saturated heterocycles. The van der Waals surface area contributed by atoms with E-state index >= 15 is 0 Å². The van der Waals surface area contributed by atoms with Crippen molar-refractivity contribution >= 4 is 26.5 Å². The summed E-state index contributed by atoms with van der Waals surface area (Å²) >= 11 is 1.28. The maximum absolute atomic E-state index is 13.0. The van der Waals surface area contributed by atoms with Crippen molar-refractivity contribution < 1.29 is 8.42 Å². The number of aryl methyl sites for hydroxylation is 1. The van der Waals surface area contributed by atoms with Crippen molar-refractivity contribution in [2.45, 2.75) is 31.7 Å². The number of benzene rings is 2. The molecule has 31 heavy (non-hydrogen) atoms. The standard InChI is InChI=1S/C23H24N2O4S2/c1-3-13-30-21(16-31(28,29)19-11-9-17(2)10-12-19)20-15-25(23(27)24-22(20)26)14-18-7-5-4-6-8-18/h4-12,15-16H,3,13-14H2,1-2H3,(H,24,26,27)/b21-16+. The van der Waals surface area contributed by atoms with E-state index in [1.165, 1.54) is 22.5 Å². The molecule has 8 heteroatoms. The number of rotatable bonds is 8. The van der Waals surface area contributed by atoms with Crippen molar-refractivity contribution in [3.8, 4) is 0 Å². The molecular weight excluding hydrogens is 432 g/mol. The second-order valence-corrected chi connectivity index (χ2v) is 10.0. The minimum absolute atomic E-state index is 0.154. The highest BCUT2D eigenvalue weighted by Gasteiger charge is 2.17. The topological polar surface area (TPSA) is 89.0 Å². The van der Waals surface area contributed by atoms with Crippen molar-refractivity contribution in [3.63, 3.8) is 0 Å². The Morgan fingerprint density at radius 2 is 1.74 bits per heavy atom. The Morgan fingerprint density at radius 1 is 1.06 bits per heavy atom. The van der Waals surface area contributed by atoms with Crippen LogP contribution in [0.25, 0.3) is 4.91 Å². The second-order valence-electron chi connectivity index (χ2n) is 7.10. The van der Waals surface area contributed by atoms with Gasteiger partial charge in [0.2, 0.25) is 9.84 Å². The van der Waals surface area contributed by atoms with E-state index in [4.69, 9.17) is 0 Å². The SMILES string of the molecule is CCCS/C(=C/S(=O)(=O)c1ccc(C)cc1)c1cn(Cc2ccccc2)c(=O)[nH]c1=O. The van der Waals surface area contributed by atoms with Crippen LogP contribution < -0.4 is 11.2 Å². The van der Waals surface area contributed by atoms with Crippen molar-refractivity contribution in [3.05, 3.63) is 104 Å². The first-order chi connectivity index (χ1) is 14.8. The third-order valence-electron chi connectivity index (χ3n) is 4.55. The predicted octanol–water partition coefficient (Wildman–Crippen LogP) is 3.81. The molecule has 0 bridgehead atoms. The fraction of sp³-hybridized carbons (Fsp3) is 0.217. The Kier molecular flexibility index (Phi) is 7.35. The number of hydrogen-bond donors (Lipinski definition) is 1. The van der Waals surface area contributed by atoms with Gasteiger partial charge in [-0.2, -0.15) is 0 Å². The molecule has 3 aromatic rings. The molecule has 0 spiro atoms. The number of aromatic nitrogens is 2. The van der Waals surface area contributed by atoms with Crippen LogP contribution in [0, 0.1) is 6.92 Å². The molecule has 3 rings (SSSR count). The van der Waals surface area contributed by atoms with Gasteiger partial charge in [0, 0.05) is 16.5 Å². The Hall–Kier alpha value is -2.84. The van der Waals surface area contributed by atoms with E-state index in [1.54, 1.807) is 24.3 Å². The van der Waals surface area contributed by atoms with E-state index in [-0.39, 0.29) is 17.0 Å². The Bertz CT molecular complexity index is 1290. The normalized spacial score (nSPS) is 12.1. The van der Waals surface area contributed by atoms with Crippen LogP contribution in [0.1, 0.15) is 30.0 Å². The molecule has 2 aromatic carbocycles. The third-order valence-corrected chi connectivity index (χ3v) is 7.43. The number of nitrogens with one attached hydrogen (secondary N) is 1. The second kappa shape index (κ2) is 9.98. The van der Waals surface area contributed by atoms with E-state index in [1.807, 2.05) is 44.2 Å². The van der Waals surface area contributed by atoms with Crippen LogP contribution in [0.2, 0.25) is 0 Å². The maximum Gasteiger partial charge on any atom is 0.328 e. The summed E-state index contributed by atoms with van der Waals surface area (Å²) in [6.07, 6.45) is 2.24. The average Bonchev–Trinajstić information content (AvgIpc) is 2.74. The fourth-order valence-electron chi connectivity index (χ4n) is 2.91. The highest BCUT2D eigenvalue weighted by molar-refractivity contribution is 8.09. The summed E-state index contributed by atoms with van der Waals surface area (Å²) in [6, 6.07) is 15.9. The fourth-order valence-corrected chi connectivity index (χ4v) is 5.34. The Labute approximate surface area is 185 Å². The maximum atomic E-state index is 13.0. The largest absolute Gasteiger partial charge is 0.328 e. The monoisotopic (exact) mass is 456 g/mol. The summed E-state index contributed by atoms with van der Waals surface area (Å²) in [5, 5.41) is 1.12. The molecular formula is C23H24N2O4S2. The van der Waals surface area contributed by atoms with E-state index in [2.05, 4.69) is 4.98 Å². The molecule has 0 aliphatic rings. The predicted molar refractivity (Wildman–Crippen MR) is 126 cm³/mol. The first kappa shape index (κ1) is 22.8. The molecule has 6 nitrogen and oxygen atoms in total. The van der Waals surface area contributed by atoms with Crippen molar-refractivity contribution in [1.29, 1.82) is 0 Å². The lowest BCUT2D eigenvalue weighted by Crippen LogP contribution is -2.31. The van der Waals surface area contributed by atoms with Crippen LogP contribution in [0.3, 0.4) is 0 Å². The van der Waals surface area contributed by atoms with Crippen molar-refractivity contribution in [1.82, 2.24) is 9.55 Å². The molecule has 1 heterocycles. The van der Waals surface area contributed by atoms with Crippen LogP contribution in [0.4, 0.5) is 0 Å². The van der Waals surface area contributed by atoms with Gasteiger partial charge in [-0.15, -0.1) is 11.8 Å². The number of H-pyrrole nitrogens is 1. The van der Waals surface area contributed by atoms with Gasteiger partial charge in [0.1, 0.15) is 0 Å². The van der Waals surface area contributed by atoms with Gasteiger partial charge in [-0.05, 0) is 36.8 Å². The quantitative estimate of drug-likeness (QED) is 0.557. The summed E-state index contributed by atoms with van der Waals surface area (Å²) in [5.74, 6) is 0.631. The molecule has 0 unspecified atom stereocenters. The molecule has 0 aliphatic carbocycles. The zero-order chi connectivity index (χ0) is 22.4. The van der Waals surface area contributed by atoms with Crippen molar-refractivity contribution in [2.24, 2.45) is 0 Å². The zero-order valence-corrected chi connectivity index (χ0v) is 19.0. The van der Waals surface area contributed by atoms with Crippen LogP contribution >= 0.6 is 11.8 Å². The number of thioether (sulfide) groups is 1. The van der Waals surface area contributed by atoms with E-state index in [0.29, 0.717) is 10.7 Å². The van der Waals surface area contributed by atoms with E-state index < -0.39 is 21.1 Å². The highest BCUT2D eigenvalue weighted by Crippen LogP contribution is 2.28. The minimum atomic E-state index is -3.78. The molecule has 0 aliphatic heterocycles. The summed E-state index contributed by atoms with van der Waals surface area (Å²) < 4.78 is 27.3. The van der Waals surface area contributed by atoms with Gasteiger partial charge in [0.05, 0.1) is 17.0 Å². The first-order valence-electron chi connectivity index (χ1n) is 9.84. The van der Waals surface area contributed by atoms with E-state index in [9.17, 15) is 18.0 Å². The zero-order valence-electron chi connectivity index (χ0n) is 17.4. The van der Waals surface area contributed by atoms with Gasteiger partial charge in [-0.1, -0.05) is 55.0 Å². The summed E-state index contributed by atoms with van der Waals surface area (Å²) in [7, 11) is -3.78. The average molecular weight is 457 g/mol. The summed E-state index contributed by atoms with van der Waals surface area (Å²) in [5.41, 5.74) is 0.848. The van der Waals surface area contributed by atoms with Gasteiger partial charge < -0.3 is 0 Å². The van der Waals surface area contributed by atoms with Gasteiger partial charge in [0.25, 0.3) is 5.56 Å². The molecule has 0 saturated carbocycles. The number of hydrogen-bond acceptors (Lipinski definition) is 5. The molecule has 0 fully saturated rings. The molecule has 1 aromatic heterocycles. The van der Waals surface area contributed by atoms with Gasteiger partial charge in [-0.3, -0.25) is 14.3 Å². The van der Waals surface area contributed by atoms with Crippen LogP contribution in [-0.4, -0.2) is 23.7 Å². The lowest BCUT2D eigenvalue weighted by atomic mass is 10.2. The smallest absolute Gasteiger partial charge is 0.296 e. The van der Waals surface area contributed by atoms with Gasteiger partial charge in [-0.25, -0.2) is 13.2 Å². The van der Waals surface area contributed by atoms with Crippen molar-refractivity contribution in [2.75, 3.05) is 5.75 Å². The lowest BCUT2D eigenvalue weighted by Gasteiger charge is -2.11. The van der Waals surface area contributed by atoms with Crippen LogP contribution in [0.15, 0.2) is 80.7 Å². The van der Waals surface area contributed by atoms with Gasteiger partial charge >= 0.3 is 5.69 Å². The Balaban J connectivity index is 2.08. The van der Waals surface area contributed by atoms with Crippen LogP contribution in [-0.2, 0) is 16.4 Å². The molecule has 0 atom stereocenters. The van der Waals surface area contributed by atoms with Gasteiger partial charge in [0.15, 0.2) is 0 Å². The molecule has 0 radical (unpaired) electrons. The highest BCUT2D eigenvalue weighted by atomic mass is 32.2. The number of aromatic amines is 1. The third kappa shape index (κ3) is 5.86. The van der Waals surface area contributed by atoms with E-state index in [0.717, 1.165) is 23.0 Å². The minimum Gasteiger partial charge on any atom is -0.296 e. The molecule has 0 amide bonds. The molecule has 1 N–H and O–H groups in total. The van der Waals surface area contributed by atoms with Crippen LogP contribution in [0.5, 0.6) is 0 Å². The lowest BCUT2D eigenvalue weighted by molar-refractivity contribution is 0.605. The summed E-state index contributed by atoms with van der Waals surface area (Å²) in [6.45, 7) is 4.11. The first-order valence-corrected chi connectivity index (χ1v) is 12.4. The number of nitrogens with zero attached hydrogens (tertiary/aromatic N) is 1. The number of sulfone groups is 1.